The third-order valence-corrected chi connectivity index (χ3v) is 33.8. The fourth-order valence-corrected chi connectivity index (χ4v) is 30.6. The highest BCUT2D eigenvalue weighted by Crippen LogP contribution is 2.24. The van der Waals surface area contributed by atoms with Crippen molar-refractivity contribution in [1.82, 2.24) is 0 Å². The van der Waals surface area contributed by atoms with Gasteiger partial charge in [0.25, 0.3) is 0 Å². The summed E-state index contributed by atoms with van der Waals surface area (Å²) in [5, 5.41) is 0. The fraction of sp³-hybridized carbons (Fsp3) is 0.895. The van der Waals surface area contributed by atoms with Crippen LogP contribution in [0.25, 0.3) is 0 Å². The topological polar surface area (TPSA) is 46.2 Å². The molecule has 0 spiro atoms. The van der Waals surface area contributed by atoms with Crippen molar-refractivity contribution in [2.45, 2.75) is 104 Å². The first-order valence-electron chi connectivity index (χ1n) is 11.7. The summed E-state index contributed by atoms with van der Waals surface area (Å²) < 4.78 is 30.8. The molecule has 0 amide bonds. The summed E-state index contributed by atoms with van der Waals surface area (Å²) in [7, 11) is -11.0. The summed E-state index contributed by atoms with van der Waals surface area (Å²) in [5.74, 6) is 0. The fourth-order valence-electron chi connectivity index (χ4n) is 3.32. The van der Waals surface area contributed by atoms with Crippen LogP contribution in [-0.4, -0.2) is 65.8 Å². The van der Waals surface area contributed by atoms with Gasteiger partial charge in [-0.15, -0.1) is 6.58 Å². The third-order valence-electron chi connectivity index (χ3n) is 4.94. The third kappa shape index (κ3) is 15.6. The van der Waals surface area contributed by atoms with Gasteiger partial charge in [0.1, 0.15) is 0 Å². The van der Waals surface area contributed by atoms with Gasteiger partial charge in [0.05, 0.1) is 7.59 Å². The van der Waals surface area contributed by atoms with Gasteiger partial charge in [-0.2, -0.15) is 0 Å². The molecule has 5 nitrogen and oxygen atoms in total. The molecule has 0 bridgehead atoms. The van der Waals surface area contributed by atoms with Crippen LogP contribution in [0.15, 0.2) is 12.3 Å². The molecule has 186 valence electrons. The molecule has 0 saturated carbocycles. The number of hydrogen-bond donors (Lipinski definition) is 0. The average molecular weight is 557 g/mol. The molecule has 1 aliphatic rings. The Morgan fingerprint density at radius 2 is 1.52 bits per heavy atom. The maximum Gasteiger partial charge on any atom is 0.341 e. The Bertz CT molecular complexity index is 549. The highest BCUT2D eigenvalue weighted by atomic mass is 29.2. The van der Waals surface area contributed by atoms with Crippen LogP contribution < -0.4 is 0 Å². The molecule has 0 aromatic rings. The van der Waals surface area contributed by atoms with Crippen molar-refractivity contribution in [2.24, 2.45) is 0 Å². The van der Waals surface area contributed by atoms with Crippen molar-refractivity contribution in [3.8, 4) is 0 Å². The molecule has 1 saturated heterocycles. The Morgan fingerprint density at radius 3 is 1.97 bits per heavy atom. The maximum atomic E-state index is 6.47. The molecule has 3 unspecified atom stereocenters. The summed E-state index contributed by atoms with van der Waals surface area (Å²) in [6.07, 6.45) is 2.54. The lowest BCUT2D eigenvalue weighted by molar-refractivity contribution is 0.235. The van der Waals surface area contributed by atoms with E-state index >= 15 is 0 Å². The van der Waals surface area contributed by atoms with Gasteiger partial charge in [0.2, 0.25) is 0 Å². The van der Waals surface area contributed by atoms with E-state index in [1.165, 1.54) is 18.9 Å². The minimum Gasteiger partial charge on any atom is -0.439 e. The molecule has 0 aliphatic carbocycles. The highest BCUT2D eigenvalue weighted by Gasteiger charge is 2.43. The lowest BCUT2D eigenvalue weighted by Gasteiger charge is -2.39. The molecule has 1 aliphatic heterocycles. The van der Waals surface area contributed by atoms with E-state index < -0.39 is 59.2 Å². The first-order valence-corrected chi connectivity index (χ1v) is 32.6. The Balaban J connectivity index is 0.000000683. The molecule has 1 rings (SSSR count). The molecule has 0 aromatic carbocycles. The minimum atomic E-state index is -2.31. The van der Waals surface area contributed by atoms with Gasteiger partial charge >= 0.3 is 25.7 Å². The first kappa shape index (κ1) is 32.1. The summed E-state index contributed by atoms with van der Waals surface area (Å²) in [6, 6.07) is 1.33. The highest BCUT2D eigenvalue weighted by molar-refractivity contribution is 7.30. The average Bonchev–Trinajstić information content (AvgIpc) is 2.49. The smallest absolute Gasteiger partial charge is 0.341 e. The van der Waals surface area contributed by atoms with E-state index in [0.29, 0.717) is 0 Å². The zero-order chi connectivity index (χ0) is 24.7. The van der Waals surface area contributed by atoms with E-state index in [1.807, 2.05) is 5.70 Å². The normalized spacial score (nSPS) is 23.5. The van der Waals surface area contributed by atoms with Crippen molar-refractivity contribution in [3.63, 3.8) is 0 Å². The second-order valence-electron chi connectivity index (χ2n) is 11.7. The van der Waals surface area contributed by atoms with E-state index in [0.717, 1.165) is 6.61 Å². The van der Waals surface area contributed by atoms with E-state index in [2.05, 4.69) is 91.7 Å². The van der Waals surface area contributed by atoms with E-state index in [4.69, 9.17) is 20.9 Å². The van der Waals surface area contributed by atoms with Crippen LogP contribution in [0.4, 0.5) is 0 Å². The zero-order valence-electron chi connectivity index (χ0n) is 22.8. The second-order valence-corrected chi connectivity index (χ2v) is 43.7. The molecular formula is C19H52O5Si7. The number of rotatable bonds is 8. The summed E-state index contributed by atoms with van der Waals surface area (Å²) in [6.45, 7) is 33.9. The Hall–Kier alpha value is 1.06. The van der Waals surface area contributed by atoms with Crippen LogP contribution in [-0.2, 0) is 20.9 Å². The van der Waals surface area contributed by atoms with Gasteiger partial charge in [-0.1, -0.05) is 38.3 Å². The van der Waals surface area contributed by atoms with Crippen LogP contribution in [0, 0.1) is 0 Å². The molecule has 0 radical (unpaired) electrons. The van der Waals surface area contributed by atoms with Crippen LogP contribution >= 0.6 is 0 Å². The van der Waals surface area contributed by atoms with E-state index in [9.17, 15) is 0 Å². The molecule has 0 N–H and O–H groups in total. The maximum absolute atomic E-state index is 6.47. The second kappa shape index (κ2) is 12.7. The van der Waals surface area contributed by atoms with E-state index in [-0.39, 0.29) is 0 Å². The Labute approximate surface area is 202 Å². The van der Waals surface area contributed by atoms with Crippen LogP contribution in [0.1, 0.15) is 12.8 Å². The summed E-state index contributed by atoms with van der Waals surface area (Å²) in [4.78, 5) is 0. The Morgan fingerprint density at radius 1 is 0.968 bits per heavy atom. The predicted octanol–water partition coefficient (Wildman–Crippen LogP) is 6.01. The zero-order valence-corrected chi connectivity index (χ0v) is 30.1. The molecule has 1 fully saturated rings. The van der Waals surface area contributed by atoms with Crippen molar-refractivity contribution < 1.29 is 20.9 Å². The lowest BCUT2D eigenvalue weighted by atomic mass is 10.4. The standard InChI is InChI=1S/C12H34O3Si5.C7H18O2Si2/c1-12-20(11,13-16(2)18(6,7)8)15-19(9,10)14-17(3,4)5;1-10-7-5-4-6-8-11(2,3)9-10/h12,16H,1H2,2-11H3;10H,4-7H2,1-3H3. The number of hydrogen-bond acceptors (Lipinski definition) is 5. The van der Waals surface area contributed by atoms with Crippen molar-refractivity contribution in [2.75, 3.05) is 6.61 Å². The van der Waals surface area contributed by atoms with Gasteiger partial charge in [-0.05, 0) is 71.4 Å². The largest absolute Gasteiger partial charge is 0.439 e. The quantitative estimate of drug-likeness (QED) is 0.343. The van der Waals surface area contributed by atoms with Gasteiger partial charge in [0.15, 0.2) is 25.9 Å². The SMILES string of the molecule is C=C[Si](C)(O[SiH](C)[Si](C)(C)C)O[Si](C)(C)O[Si](C)(C)C.C[SiH]1CCCCO[Si](C)(C)O1. The summed E-state index contributed by atoms with van der Waals surface area (Å²) in [5.41, 5.74) is 1.93. The molecular weight excluding hydrogens is 505 g/mol. The van der Waals surface area contributed by atoms with Crippen molar-refractivity contribution in [3.05, 3.63) is 12.3 Å². The van der Waals surface area contributed by atoms with Crippen molar-refractivity contribution in [1.29, 1.82) is 0 Å². The first-order chi connectivity index (χ1) is 13.7. The van der Waals surface area contributed by atoms with Crippen LogP contribution in [0.2, 0.25) is 91.2 Å². The molecule has 12 heteroatoms. The summed E-state index contributed by atoms with van der Waals surface area (Å²) >= 11 is 0. The van der Waals surface area contributed by atoms with Crippen LogP contribution in [0.3, 0.4) is 0 Å². The minimum absolute atomic E-state index is 0.857. The van der Waals surface area contributed by atoms with Gasteiger partial charge < -0.3 is 20.9 Å². The predicted molar refractivity (Wildman–Crippen MR) is 154 cm³/mol. The van der Waals surface area contributed by atoms with Crippen LogP contribution in [0.5, 0.6) is 0 Å². The molecule has 3 atom stereocenters. The molecule has 31 heavy (non-hydrogen) atoms. The lowest BCUT2D eigenvalue weighted by Crippen LogP contribution is -2.57. The van der Waals surface area contributed by atoms with Crippen molar-refractivity contribution >= 4 is 59.2 Å². The monoisotopic (exact) mass is 556 g/mol. The Kier molecular flexibility index (Phi) is 13.1. The van der Waals surface area contributed by atoms with Gasteiger partial charge in [0, 0.05) is 6.61 Å². The van der Waals surface area contributed by atoms with Gasteiger partial charge in [-0.25, -0.2) is 0 Å². The molecule has 1 heterocycles. The van der Waals surface area contributed by atoms with Gasteiger partial charge in [-0.3, -0.25) is 0 Å². The van der Waals surface area contributed by atoms with E-state index in [1.54, 1.807) is 0 Å². The molecule has 0 aromatic heterocycles.